The summed E-state index contributed by atoms with van der Waals surface area (Å²) in [6.45, 7) is 8.42. The summed E-state index contributed by atoms with van der Waals surface area (Å²) in [5, 5.41) is 2.76. The predicted octanol–water partition coefficient (Wildman–Crippen LogP) is 1.34. The quantitative estimate of drug-likeness (QED) is 0.652. The van der Waals surface area contributed by atoms with Crippen LogP contribution < -0.4 is 5.32 Å². The van der Waals surface area contributed by atoms with Crippen molar-refractivity contribution in [2.45, 2.75) is 58.6 Å². The molecule has 1 aliphatic heterocycles. The molecule has 1 saturated heterocycles. The second-order valence-corrected chi connectivity index (χ2v) is 5.68. The van der Waals surface area contributed by atoms with Crippen LogP contribution in [0, 0.1) is 0 Å². The zero-order valence-electron chi connectivity index (χ0n) is 14.1. The second kappa shape index (κ2) is 10.6. The van der Waals surface area contributed by atoms with Crippen LogP contribution in [0.1, 0.15) is 46.5 Å². The number of nitrogens with zero attached hydrogens (tertiary/aromatic N) is 1. The molecule has 1 N–H and O–H groups in total. The predicted molar refractivity (Wildman–Crippen MR) is 84.6 cm³/mol. The van der Waals surface area contributed by atoms with Crippen LogP contribution in [-0.2, 0) is 19.1 Å². The van der Waals surface area contributed by atoms with Crippen molar-refractivity contribution in [2.24, 2.45) is 0 Å². The van der Waals surface area contributed by atoms with Crippen molar-refractivity contribution >= 4 is 11.8 Å². The number of carbonyl (C=O) groups excluding carboxylic acids is 2. The number of nitrogens with one attached hydrogen (secondary N) is 1. The summed E-state index contributed by atoms with van der Waals surface area (Å²) in [4.78, 5) is 25.9. The van der Waals surface area contributed by atoms with Gasteiger partial charge in [0.1, 0.15) is 6.10 Å². The molecule has 6 nitrogen and oxygen atoms in total. The molecule has 0 aromatic heterocycles. The van der Waals surface area contributed by atoms with E-state index in [0.29, 0.717) is 38.8 Å². The SMILES string of the molecule is CCOCCO[C@@H](C)C(=O)NCCC(=O)N1CCCC[C@@H]1C. The maximum Gasteiger partial charge on any atom is 0.248 e. The van der Waals surface area contributed by atoms with Gasteiger partial charge < -0.3 is 19.7 Å². The van der Waals surface area contributed by atoms with E-state index in [4.69, 9.17) is 9.47 Å². The molecule has 1 rings (SSSR count). The van der Waals surface area contributed by atoms with E-state index in [-0.39, 0.29) is 11.8 Å². The summed E-state index contributed by atoms with van der Waals surface area (Å²) >= 11 is 0. The number of likely N-dealkylation sites (tertiary alicyclic amines) is 1. The van der Waals surface area contributed by atoms with Gasteiger partial charge in [-0.2, -0.15) is 0 Å². The van der Waals surface area contributed by atoms with E-state index in [1.54, 1.807) is 6.92 Å². The van der Waals surface area contributed by atoms with Crippen molar-refractivity contribution in [3.05, 3.63) is 0 Å². The van der Waals surface area contributed by atoms with Crippen LogP contribution in [0.25, 0.3) is 0 Å². The van der Waals surface area contributed by atoms with Gasteiger partial charge in [-0.1, -0.05) is 0 Å². The normalized spacial score (nSPS) is 19.8. The molecule has 0 spiro atoms. The maximum atomic E-state index is 12.1. The topological polar surface area (TPSA) is 67.9 Å². The molecule has 2 amide bonds. The third-order valence-corrected chi connectivity index (χ3v) is 3.93. The molecular formula is C16H30N2O4. The molecular weight excluding hydrogens is 284 g/mol. The van der Waals surface area contributed by atoms with Crippen LogP contribution in [0.5, 0.6) is 0 Å². The minimum Gasteiger partial charge on any atom is -0.379 e. The number of carbonyl (C=O) groups is 2. The van der Waals surface area contributed by atoms with Gasteiger partial charge in [0, 0.05) is 32.2 Å². The highest BCUT2D eigenvalue weighted by atomic mass is 16.5. The first-order valence-electron chi connectivity index (χ1n) is 8.32. The molecule has 128 valence electrons. The molecule has 22 heavy (non-hydrogen) atoms. The van der Waals surface area contributed by atoms with Crippen molar-refractivity contribution in [3.8, 4) is 0 Å². The fraction of sp³-hybridized carbons (Fsp3) is 0.875. The van der Waals surface area contributed by atoms with Gasteiger partial charge in [-0.3, -0.25) is 9.59 Å². The minimum absolute atomic E-state index is 0.123. The van der Waals surface area contributed by atoms with Crippen molar-refractivity contribution in [3.63, 3.8) is 0 Å². The highest BCUT2D eigenvalue weighted by molar-refractivity contribution is 5.81. The van der Waals surface area contributed by atoms with E-state index in [2.05, 4.69) is 12.2 Å². The van der Waals surface area contributed by atoms with E-state index in [1.165, 1.54) is 6.42 Å². The Morgan fingerprint density at radius 3 is 2.77 bits per heavy atom. The van der Waals surface area contributed by atoms with Crippen molar-refractivity contribution in [2.75, 3.05) is 32.9 Å². The third-order valence-electron chi connectivity index (χ3n) is 3.93. The van der Waals surface area contributed by atoms with E-state index in [1.807, 2.05) is 11.8 Å². The third kappa shape index (κ3) is 6.75. The second-order valence-electron chi connectivity index (χ2n) is 5.68. The first-order valence-corrected chi connectivity index (χ1v) is 8.32. The highest BCUT2D eigenvalue weighted by Crippen LogP contribution is 2.16. The lowest BCUT2D eigenvalue weighted by Gasteiger charge is -2.33. The van der Waals surface area contributed by atoms with Gasteiger partial charge >= 0.3 is 0 Å². The van der Waals surface area contributed by atoms with E-state index in [0.717, 1.165) is 19.4 Å². The molecule has 1 heterocycles. The lowest BCUT2D eigenvalue weighted by molar-refractivity contribution is -0.135. The fourth-order valence-corrected chi connectivity index (χ4v) is 2.55. The Bertz CT molecular complexity index is 349. The van der Waals surface area contributed by atoms with Gasteiger partial charge in [-0.25, -0.2) is 0 Å². The standard InChI is InChI=1S/C16H30N2O4/c1-4-21-11-12-22-14(3)16(20)17-9-8-15(19)18-10-6-5-7-13(18)2/h13-14H,4-12H2,1-3H3,(H,17,20)/t13-,14-/m0/s1. The Morgan fingerprint density at radius 2 is 2.09 bits per heavy atom. The van der Waals surface area contributed by atoms with Crippen LogP contribution in [0.3, 0.4) is 0 Å². The number of hydrogen-bond donors (Lipinski definition) is 1. The van der Waals surface area contributed by atoms with E-state index >= 15 is 0 Å². The molecule has 0 aliphatic carbocycles. The molecule has 0 radical (unpaired) electrons. The average molecular weight is 314 g/mol. The fourth-order valence-electron chi connectivity index (χ4n) is 2.55. The Morgan fingerprint density at radius 1 is 1.32 bits per heavy atom. The largest absolute Gasteiger partial charge is 0.379 e. The van der Waals surface area contributed by atoms with Gasteiger partial charge in [0.05, 0.1) is 13.2 Å². The first kappa shape index (κ1) is 18.9. The Hall–Kier alpha value is -1.14. The summed E-state index contributed by atoms with van der Waals surface area (Å²) in [5.74, 6) is -0.0617. The molecule has 0 unspecified atom stereocenters. The van der Waals surface area contributed by atoms with E-state index in [9.17, 15) is 9.59 Å². The molecule has 0 saturated carbocycles. The molecule has 2 atom stereocenters. The summed E-state index contributed by atoms with van der Waals surface area (Å²) < 4.78 is 10.5. The summed E-state index contributed by atoms with van der Waals surface area (Å²) in [5.41, 5.74) is 0. The monoisotopic (exact) mass is 314 g/mol. The highest BCUT2D eigenvalue weighted by Gasteiger charge is 2.23. The van der Waals surface area contributed by atoms with E-state index < -0.39 is 6.10 Å². The van der Waals surface area contributed by atoms with Crippen LogP contribution in [0.15, 0.2) is 0 Å². The molecule has 1 fully saturated rings. The molecule has 1 aliphatic rings. The summed E-state index contributed by atoms with van der Waals surface area (Å²) in [6, 6.07) is 0.317. The number of amides is 2. The molecule has 0 aromatic carbocycles. The number of hydrogen-bond acceptors (Lipinski definition) is 4. The zero-order chi connectivity index (χ0) is 16.4. The van der Waals surface area contributed by atoms with Gasteiger partial charge in [0.2, 0.25) is 11.8 Å². The average Bonchev–Trinajstić information content (AvgIpc) is 2.51. The Labute approximate surface area is 133 Å². The van der Waals surface area contributed by atoms with Crippen LogP contribution in [0.2, 0.25) is 0 Å². The lowest BCUT2D eigenvalue weighted by atomic mass is 10.0. The van der Waals surface area contributed by atoms with Crippen LogP contribution in [-0.4, -0.2) is 61.8 Å². The van der Waals surface area contributed by atoms with Gasteiger partial charge in [0.25, 0.3) is 0 Å². The zero-order valence-corrected chi connectivity index (χ0v) is 14.1. The van der Waals surface area contributed by atoms with Crippen molar-refractivity contribution in [1.82, 2.24) is 10.2 Å². The maximum absolute atomic E-state index is 12.1. The minimum atomic E-state index is -0.524. The van der Waals surface area contributed by atoms with Crippen molar-refractivity contribution in [1.29, 1.82) is 0 Å². The Balaban J connectivity index is 2.16. The Kier molecular flexibility index (Phi) is 9.08. The first-order chi connectivity index (χ1) is 10.6. The molecule has 0 aromatic rings. The number of rotatable bonds is 9. The van der Waals surface area contributed by atoms with Gasteiger partial charge in [-0.15, -0.1) is 0 Å². The summed E-state index contributed by atoms with van der Waals surface area (Å²) in [7, 11) is 0. The van der Waals surface area contributed by atoms with Gasteiger partial charge in [-0.05, 0) is 40.0 Å². The smallest absolute Gasteiger partial charge is 0.248 e. The van der Waals surface area contributed by atoms with Gasteiger partial charge in [0.15, 0.2) is 0 Å². The number of piperidine rings is 1. The number of ether oxygens (including phenoxy) is 2. The van der Waals surface area contributed by atoms with Crippen LogP contribution >= 0.6 is 0 Å². The summed E-state index contributed by atoms with van der Waals surface area (Å²) in [6.07, 6.45) is 3.17. The lowest BCUT2D eigenvalue weighted by Crippen LogP contribution is -2.44. The molecule has 6 heteroatoms. The van der Waals surface area contributed by atoms with Crippen molar-refractivity contribution < 1.29 is 19.1 Å². The van der Waals surface area contributed by atoms with Crippen LogP contribution in [0.4, 0.5) is 0 Å². The molecule has 0 bridgehead atoms.